The number of rotatable bonds is 13. The van der Waals surface area contributed by atoms with E-state index in [0.717, 1.165) is 12.2 Å². The first kappa shape index (κ1) is 20.4. The molecule has 1 heterocycles. The first-order valence-electron chi connectivity index (χ1n) is 9.53. The summed E-state index contributed by atoms with van der Waals surface area (Å²) in [4.78, 5) is 24.4. The van der Waals surface area contributed by atoms with Gasteiger partial charge in [-0.2, -0.15) is 0 Å². The molecule has 0 fully saturated rings. The molecule has 5 heteroatoms. The highest BCUT2D eigenvalue weighted by atomic mass is 33.1. The monoisotopic (exact) mass is 379 g/mol. The van der Waals surface area contributed by atoms with E-state index in [-0.39, 0.29) is 11.8 Å². The summed E-state index contributed by atoms with van der Waals surface area (Å²) in [5.41, 5.74) is 1.05. The van der Waals surface area contributed by atoms with E-state index in [2.05, 4.69) is 6.92 Å². The van der Waals surface area contributed by atoms with E-state index >= 15 is 0 Å². The van der Waals surface area contributed by atoms with Crippen LogP contribution in [0.2, 0.25) is 0 Å². The van der Waals surface area contributed by atoms with E-state index in [1.165, 1.54) is 73.1 Å². The third kappa shape index (κ3) is 6.37. The van der Waals surface area contributed by atoms with Crippen LogP contribution in [0.15, 0.2) is 24.3 Å². The van der Waals surface area contributed by atoms with Crippen LogP contribution in [0.4, 0.5) is 0 Å². The van der Waals surface area contributed by atoms with E-state index in [1.54, 1.807) is 35.1 Å². The predicted octanol–water partition coefficient (Wildman–Crippen LogP) is 6.50. The van der Waals surface area contributed by atoms with Crippen molar-refractivity contribution >= 4 is 33.6 Å². The normalized spacial score (nSPS) is 13.6. The molecular weight excluding hydrogens is 350 g/mol. The quantitative estimate of drug-likeness (QED) is 0.170. The maximum Gasteiger partial charge on any atom is 0.272 e. The summed E-state index contributed by atoms with van der Waals surface area (Å²) in [6.45, 7) is 2.25. The molecule has 2 rings (SSSR count). The second-order valence-electron chi connectivity index (χ2n) is 6.53. The zero-order valence-corrected chi connectivity index (χ0v) is 16.8. The smallest absolute Gasteiger partial charge is 0.268 e. The number of hydrogen-bond donors (Lipinski definition) is 0. The van der Waals surface area contributed by atoms with Gasteiger partial charge in [0.05, 0.1) is 11.1 Å². The minimum absolute atomic E-state index is 0.179. The summed E-state index contributed by atoms with van der Waals surface area (Å²) >= 11 is 0. The van der Waals surface area contributed by atoms with Crippen molar-refractivity contribution in [3.05, 3.63) is 35.4 Å². The van der Waals surface area contributed by atoms with Crippen LogP contribution in [-0.2, 0) is 0 Å². The Morgan fingerprint density at radius 2 is 1.24 bits per heavy atom. The summed E-state index contributed by atoms with van der Waals surface area (Å²) in [6.07, 6.45) is 13.2. The number of unbranched alkanes of at least 4 members (excludes halogenated alkanes) is 9. The first-order chi connectivity index (χ1) is 12.3. The van der Waals surface area contributed by atoms with Crippen molar-refractivity contribution in [2.24, 2.45) is 0 Å². The predicted molar refractivity (Wildman–Crippen MR) is 109 cm³/mol. The molecule has 2 amide bonds. The zero-order chi connectivity index (χ0) is 17.9. The van der Waals surface area contributed by atoms with Gasteiger partial charge >= 0.3 is 0 Å². The van der Waals surface area contributed by atoms with Crippen molar-refractivity contribution in [3.8, 4) is 0 Å². The van der Waals surface area contributed by atoms with E-state index in [1.807, 2.05) is 0 Å². The molecule has 25 heavy (non-hydrogen) atoms. The number of carbonyl (C=O) groups excluding carboxylic acids is 2. The van der Waals surface area contributed by atoms with Crippen LogP contribution in [-0.4, -0.2) is 21.9 Å². The molecule has 0 aliphatic carbocycles. The summed E-state index contributed by atoms with van der Waals surface area (Å²) < 4.78 is 1.30. The third-order valence-electron chi connectivity index (χ3n) is 4.47. The van der Waals surface area contributed by atoms with Crippen LogP contribution < -0.4 is 0 Å². The molecule has 0 aromatic heterocycles. The van der Waals surface area contributed by atoms with Crippen molar-refractivity contribution in [2.75, 3.05) is 5.75 Å². The lowest BCUT2D eigenvalue weighted by molar-refractivity contribution is 0.0779. The van der Waals surface area contributed by atoms with Gasteiger partial charge in [0.1, 0.15) is 0 Å². The first-order valence-corrected chi connectivity index (χ1v) is 11.8. The maximum atomic E-state index is 12.2. The van der Waals surface area contributed by atoms with Gasteiger partial charge in [0.25, 0.3) is 11.8 Å². The van der Waals surface area contributed by atoms with Crippen LogP contribution >= 0.6 is 21.8 Å². The van der Waals surface area contributed by atoms with Gasteiger partial charge in [0.15, 0.2) is 0 Å². The number of carbonyl (C=O) groups is 2. The highest BCUT2D eigenvalue weighted by Crippen LogP contribution is 2.35. The van der Waals surface area contributed by atoms with Crippen LogP contribution in [0.1, 0.15) is 91.8 Å². The molecule has 0 N–H and O–H groups in total. The maximum absolute atomic E-state index is 12.2. The summed E-state index contributed by atoms with van der Waals surface area (Å²) in [5, 5.41) is 0. The molecule has 0 spiro atoms. The molecule has 0 saturated heterocycles. The van der Waals surface area contributed by atoms with Gasteiger partial charge in [0.2, 0.25) is 0 Å². The number of fused-ring (bicyclic) bond motifs is 1. The van der Waals surface area contributed by atoms with Gasteiger partial charge in [-0.05, 0) is 18.6 Å². The summed E-state index contributed by atoms with van der Waals surface area (Å²) in [7, 11) is 2.89. The fraction of sp³-hybridized carbons (Fsp3) is 0.600. The van der Waals surface area contributed by atoms with Crippen LogP contribution in [0.3, 0.4) is 0 Å². The van der Waals surface area contributed by atoms with Gasteiger partial charge in [0, 0.05) is 16.7 Å². The Hall–Kier alpha value is -0.940. The van der Waals surface area contributed by atoms with E-state index in [9.17, 15) is 9.59 Å². The fourth-order valence-corrected chi connectivity index (χ4v) is 5.11. The average molecular weight is 380 g/mol. The Balaban J connectivity index is 1.49. The molecule has 0 atom stereocenters. The Labute approximate surface area is 159 Å². The van der Waals surface area contributed by atoms with Gasteiger partial charge in [-0.1, -0.05) is 87.6 Å². The van der Waals surface area contributed by atoms with E-state index in [0.29, 0.717) is 11.1 Å². The Morgan fingerprint density at radius 3 is 1.76 bits per heavy atom. The van der Waals surface area contributed by atoms with Gasteiger partial charge < -0.3 is 0 Å². The van der Waals surface area contributed by atoms with E-state index in [4.69, 9.17) is 0 Å². The second kappa shape index (κ2) is 11.6. The lowest BCUT2D eigenvalue weighted by Gasteiger charge is -2.10. The third-order valence-corrected chi connectivity index (χ3v) is 6.77. The summed E-state index contributed by atoms with van der Waals surface area (Å²) in [6, 6.07) is 7.05. The van der Waals surface area contributed by atoms with Gasteiger partial charge in [-0.25, -0.2) is 4.31 Å². The minimum atomic E-state index is -0.179. The van der Waals surface area contributed by atoms with Crippen molar-refractivity contribution in [1.29, 1.82) is 0 Å². The van der Waals surface area contributed by atoms with Crippen molar-refractivity contribution in [1.82, 2.24) is 4.31 Å². The topological polar surface area (TPSA) is 37.4 Å². The average Bonchev–Trinajstić information content (AvgIpc) is 2.87. The van der Waals surface area contributed by atoms with Crippen molar-refractivity contribution < 1.29 is 9.59 Å². The number of imide groups is 1. The number of hydrogen-bond acceptors (Lipinski definition) is 4. The molecule has 0 radical (unpaired) electrons. The van der Waals surface area contributed by atoms with Crippen LogP contribution in [0.5, 0.6) is 0 Å². The fourth-order valence-electron chi connectivity index (χ4n) is 2.97. The molecule has 0 bridgehead atoms. The SMILES string of the molecule is CCCCCCCCCCCCSSN1C(=O)c2ccccc2C1=O. The lowest BCUT2D eigenvalue weighted by Crippen LogP contribution is -2.20. The number of amides is 2. The zero-order valence-electron chi connectivity index (χ0n) is 15.2. The standard InChI is InChI=1S/C20H29NO2S2/c1-2-3-4-5-6-7-8-9-10-13-16-24-25-21-19(22)17-14-11-12-15-18(17)20(21)23/h11-12,14-15H,2-10,13,16H2,1H3. The Morgan fingerprint density at radius 1 is 0.760 bits per heavy atom. The molecule has 1 aromatic carbocycles. The number of nitrogens with zero attached hydrogens (tertiary/aromatic N) is 1. The molecule has 1 aromatic rings. The largest absolute Gasteiger partial charge is 0.272 e. The molecule has 3 nitrogen and oxygen atoms in total. The van der Waals surface area contributed by atoms with Gasteiger partial charge in [-0.3, -0.25) is 9.59 Å². The molecule has 138 valence electrons. The lowest BCUT2D eigenvalue weighted by atomic mass is 10.1. The van der Waals surface area contributed by atoms with E-state index < -0.39 is 0 Å². The molecule has 0 unspecified atom stereocenters. The highest BCUT2D eigenvalue weighted by molar-refractivity contribution is 8.76. The van der Waals surface area contributed by atoms with Crippen molar-refractivity contribution in [3.63, 3.8) is 0 Å². The summed E-state index contributed by atoms with van der Waals surface area (Å²) in [5.74, 6) is 0.622. The van der Waals surface area contributed by atoms with Crippen LogP contribution in [0.25, 0.3) is 0 Å². The molecular formula is C20H29NO2S2. The second-order valence-corrected chi connectivity index (χ2v) is 8.84. The van der Waals surface area contributed by atoms with Crippen molar-refractivity contribution in [2.45, 2.75) is 71.1 Å². The molecule has 1 aliphatic rings. The Bertz CT molecular complexity index is 527. The highest BCUT2D eigenvalue weighted by Gasteiger charge is 2.35. The molecule has 0 saturated carbocycles. The number of benzene rings is 1. The minimum Gasteiger partial charge on any atom is -0.268 e. The Kier molecular flexibility index (Phi) is 9.48. The molecule has 1 aliphatic heterocycles. The van der Waals surface area contributed by atoms with Crippen LogP contribution in [0, 0.1) is 0 Å². The van der Waals surface area contributed by atoms with Gasteiger partial charge in [-0.15, -0.1) is 0 Å².